The minimum atomic E-state index is 0.585. The molecule has 0 aliphatic heterocycles. The summed E-state index contributed by atoms with van der Waals surface area (Å²) in [5.41, 5.74) is 1.80. The number of hydrogen-bond acceptors (Lipinski definition) is 3. The van der Waals surface area contributed by atoms with Crippen LogP contribution in [0.3, 0.4) is 0 Å². The van der Waals surface area contributed by atoms with Gasteiger partial charge in [0.2, 0.25) is 0 Å². The summed E-state index contributed by atoms with van der Waals surface area (Å²) >= 11 is 5.80. The Balaban J connectivity index is 1.87. The van der Waals surface area contributed by atoms with Crippen LogP contribution in [0.5, 0.6) is 0 Å². The van der Waals surface area contributed by atoms with Crippen LogP contribution >= 0.6 is 11.6 Å². The summed E-state index contributed by atoms with van der Waals surface area (Å²) in [7, 11) is 0. The Kier molecular flexibility index (Phi) is 3.41. The van der Waals surface area contributed by atoms with Crippen LogP contribution in [-0.4, -0.2) is 23.5 Å². The molecule has 1 heterocycles. The van der Waals surface area contributed by atoms with Gasteiger partial charge in [0.05, 0.1) is 0 Å². The predicted octanol–water partition coefficient (Wildman–Crippen LogP) is 3.82. The molecular formula is C14H17ClN2O. The molecule has 0 bridgehead atoms. The van der Waals surface area contributed by atoms with Gasteiger partial charge >= 0.3 is 0 Å². The first-order valence-electron chi connectivity index (χ1n) is 6.56. The van der Waals surface area contributed by atoms with E-state index >= 15 is 0 Å². The Morgan fingerprint density at radius 1 is 1.33 bits per heavy atom. The number of para-hydroxylation sites is 2. The number of anilines is 1. The second-order valence-electron chi connectivity index (χ2n) is 4.78. The molecule has 1 aromatic heterocycles. The van der Waals surface area contributed by atoms with Crippen molar-refractivity contribution in [1.82, 2.24) is 4.98 Å². The Morgan fingerprint density at radius 2 is 2.17 bits per heavy atom. The summed E-state index contributed by atoms with van der Waals surface area (Å²) in [5, 5.41) is 0. The highest BCUT2D eigenvalue weighted by Crippen LogP contribution is 2.31. The van der Waals surface area contributed by atoms with Gasteiger partial charge in [0.1, 0.15) is 5.52 Å². The third kappa shape index (κ3) is 2.19. The number of oxazole rings is 1. The minimum Gasteiger partial charge on any atom is -0.423 e. The van der Waals surface area contributed by atoms with Gasteiger partial charge in [0.25, 0.3) is 6.01 Å². The van der Waals surface area contributed by atoms with Gasteiger partial charge in [0.15, 0.2) is 5.58 Å². The van der Waals surface area contributed by atoms with E-state index in [1.807, 2.05) is 24.3 Å². The van der Waals surface area contributed by atoms with Crippen molar-refractivity contribution in [3.8, 4) is 0 Å². The average Bonchev–Trinajstić information content (AvgIpc) is 2.75. The molecule has 1 aliphatic carbocycles. The van der Waals surface area contributed by atoms with E-state index in [0.29, 0.717) is 11.9 Å². The van der Waals surface area contributed by atoms with Crippen molar-refractivity contribution < 1.29 is 4.42 Å². The quantitative estimate of drug-likeness (QED) is 0.769. The maximum absolute atomic E-state index is 5.86. The molecule has 0 unspecified atom stereocenters. The molecule has 1 aliphatic rings. The molecule has 1 saturated carbocycles. The summed E-state index contributed by atoms with van der Waals surface area (Å²) in [6, 6.07) is 9.26. The summed E-state index contributed by atoms with van der Waals surface area (Å²) in [5.74, 6) is 0.684. The molecule has 1 fully saturated rings. The van der Waals surface area contributed by atoms with Crippen LogP contribution in [-0.2, 0) is 0 Å². The second kappa shape index (κ2) is 5.19. The number of halogens is 1. The van der Waals surface area contributed by atoms with E-state index in [1.165, 1.54) is 19.3 Å². The predicted molar refractivity (Wildman–Crippen MR) is 74.3 cm³/mol. The maximum atomic E-state index is 5.86. The van der Waals surface area contributed by atoms with Crippen molar-refractivity contribution in [2.24, 2.45) is 0 Å². The van der Waals surface area contributed by atoms with E-state index in [9.17, 15) is 0 Å². The Labute approximate surface area is 112 Å². The molecule has 0 amide bonds. The van der Waals surface area contributed by atoms with E-state index in [2.05, 4.69) is 9.88 Å². The zero-order chi connectivity index (χ0) is 12.4. The number of nitrogens with zero attached hydrogens (tertiary/aromatic N) is 2. The first kappa shape index (κ1) is 11.8. The first-order valence-corrected chi connectivity index (χ1v) is 7.10. The normalized spacial score (nSPS) is 15.8. The first-order chi connectivity index (χ1) is 8.88. The molecule has 0 spiro atoms. The van der Waals surface area contributed by atoms with Crippen molar-refractivity contribution in [2.45, 2.75) is 31.7 Å². The molecular weight excluding hydrogens is 248 g/mol. The van der Waals surface area contributed by atoms with Crippen LogP contribution in [0.25, 0.3) is 11.1 Å². The molecule has 0 atom stereocenters. The maximum Gasteiger partial charge on any atom is 0.298 e. The van der Waals surface area contributed by atoms with Gasteiger partial charge in [0, 0.05) is 18.5 Å². The summed E-state index contributed by atoms with van der Waals surface area (Å²) in [6.45, 7) is 0.932. The zero-order valence-electron chi connectivity index (χ0n) is 10.3. The van der Waals surface area contributed by atoms with Crippen molar-refractivity contribution >= 4 is 28.7 Å². The summed E-state index contributed by atoms with van der Waals surface area (Å²) in [6.07, 6.45) is 4.75. The molecule has 3 nitrogen and oxygen atoms in total. The van der Waals surface area contributed by atoms with Crippen LogP contribution in [0.1, 0.15) is 25.7 Å². The third-order valence-electron chi connectivity index (χ3n) is 3.58. The highest BCUT2D eigenvalue weighted by molar-refractivity contribution is 6.17. The smallest absolute Gasteiger partial charge is 0.298 e. The van der Waals surface area contributed by atoms with Crippen molar-refractivity contribution in [3.63, 3.8) is 0 Å². The minimum absolute atomic E-state index is 0.585. The number of hydrogen-bond donors (Lipinski definition) is 0. The highest BCUT2D eigenvalue weighted by atomic mass is 35.5. The van der Waals surface area contributed by atoms with E-state index in [0.717, 1.165) is 30.1 Å². The standard InChI is InChI=1S/C14H17ClN2O/c15-9-4-10-17(11-5-3-6-11)14-16-12-7-1-2-8-13(12)18-14/h1-2,7-8,11H,3-6,9-10H2. The molecule has 0 N–H and O–H groups in total. The van der Waals surface area contributed by atoms with Gasteiger partial charge in [-0.3, -0.25) is 0 Å². The fourth-order valence-electron chi connectivity index (χ4n) is 2.35. The topological polar surface area (TPSA) is 29.3 Å². The van der Waals surface area contributed by atoms with Crippen LogP contribution in [0.2, 0.25) is 0 Å². The summed E-state index contributed by atoms with van der Waals surface area (Å²) < 4.78 is 5.86. The van der Waals surface area contributed by atoms with Crippen molar-refractivity contribution in [1.29, 1.82) is 0 Å². The van der Waals surface area contributed by atoms with Gasteiger partial charge in [-0.05, 0) is 37.8 Å². The van der Waals surface area contributed by atoms with Gasteiger partial charge in [-0.2, -0.15) is 4.98 Å². The molecule has 0 saturated heterocycles. The van der Waals surface area contributed by atoms with Gasteiger partial charge in [-0.25, -0.2) is 0 Å². The average molecular weight is 265 g/mol. The number of benzene rings is 1. The Bertz CT molecular complexity index is 488. The molecule has 0 radical (unpaired) electrons. The largest absolute Gasteiger partial charge is 0.423 e. The lowest BCUT2D eigenvalue weighted by molar-refractivity contribution is 0.366. The Hall–Kier alpha value is -1.22. The molecule has 96 valence electrons. The number of rotatable bonds is 5. The van der Waals surface area contributed by atoms with Gasteiger partial charge < -0.3 is 9.32 Å². The number of aromatic nitrogens is 1. The fourth-order valence-corrected chi connectivity index (χ4v) is 2.47. The summed E-state index contributed by atoms with van der Waals surface area (Å²) in [4.78, 5) is 6.87. The monoisotopic (exact) mass is 264 g/mol. The van der Waals surface area contributed by atoms with Crippen LogP contribution in [0.4, 0.5) is 6.01 Å². The SMILES string of the molecule is ClCCCN(c1nc2ccccc2o1)C1CCC1. The van der Waals surface area contributed by atoms with Gasteiger partial charge in [-0.15, -0.1) is 11.6 Å². The van der Waals surface area contributed by atoms with E-state index < -0.39 is 0 Å². The van der Waals surface area contributed by atoms with Gasteiger partial charge in [-0.1, -0.05) is 12.1 Å². The van der Waals surface area contributed by atoms with Crippen LogP contribution in [0, 0.1) is 0 Å². The van der Waals surface area contributed by atoms with Crippen LogP contribution < -0.4 is 4.90 Å². The third-order valence-corrected chi connectivity index (χ3v) is 3.84. The number of fused-ring (bicyclic) bond motifs is 1. The van der Waals surface area contributed by atoms with Crippen LogP contribution in [0.15, 0.2) is 28.7 Å². The Morgan fingerprint density at radius 3 is 2.83 bits per heavy atom. The lowest BCUT2D eigenvalue weighted by Gasteiger charge is -2.36. The molecule has 4 heteroatoms. The molecule has 2 aromatic rings. The van der Waals surface area contributed by atoms with Crippen molar-refractivity contribution in [3.05, 3.63) is 24.3 Å². The molecule has 18 heavy (non-hydrogen) atoms. The number of alkyl halides is 1. The van der Waals surface area contributed by atoms with E-state index in [1.54, 1.807) is 0 Å². The van der Waals surface area contributed by atoms with E-state index in [-0.39, 0.29) is 0 Å². The lowest BCUT2D eigenvalue weighted by atomic mass is 9.91. The molecule has 1 aromatic carbocycles. The molecule has 3 rings (SSSR count). The second-order valence-corrected chi connectivity index (χ2v) is 5.16. The van der Waals surface area contributed by atoms with E-state index in [4.69, 9.17) is 16.0 Å². The van der Waals surface area contributed by atoms with Crippen molar-refractivity contribution in [2.75, 3.05) is 17.3 Å². The fraction of sp³-hybridized carbons (Fsp3) is 0.500. The highest BCUT2D eigenvalue weighted by Gasteiger charge is 2.27. The lowest BCUT2D eigenvalue weighted by Crippen LogP contribution is -2.41. The zero-order valence-corrected chi connectivity index (χ0v) is 11.1.